The van der Waals surface area contributed by atoms with E-state index >= 15 is 0 Å². The van der Waals surface area contributed by atoms with Crippen LogP contribution in [0.1, 0.15) is 24.0 Å². The molecule has 0 radical (unpaired) electrons. The molecule has 26 heavy (non-hydrogen) atoms. The number of rotatable bonds is 6. The molecular weight excluding hydrogens is 561 g/mol. The Morgan fingerprint density at radius 1 is 1.08 bits per heavy atom. The fourth-order valence-electron chi connectivity index (χ4n) is 3.35. The molecule has 0 amide bonds. The van der Waals surface area contributed by atoms with Crippen LogP contribution in [0.25, 0.3) is 0 Å². The van der Waals surface area contributed by atoms with E-state index in [1.165, 1.54) is 18.4 Å². The maximum Gasteiger partial charge on any atom is 1.00 e. The summed E-state index contributed by atoms with van der Waals surface area (Å²) in [5.41, 5.74) is 2.29. The fraction of sp³-hybridized carbons (Fsp3) is 0.400. The summed E-state index contributed by atoms with van der Waals surface area (Å²) in [6.07, 6.45) is 2.46. The number of halogens is 2. The molecule has 0 saturated carbocycles. The molecule has 3 nitrogen and oxygen atoms in total. The molecule has 0 unspecified atom stereocenters. The number of piperidine rings is 1. The molecule has 6 heteroatoms. The molecule has 1 saturated heterocycles. The summed E-state index contributed by atoms with van der Waals surface area (Å²) >= 11 is 4.41. The Bertz CT molecular complexity index is 692. The number of nitrogens with zero attached hydrogens (tertiary/aromatic N) is 1. The van der Waals surface area contributed by atoms with Gasteiger partial charge in [-0.25, -0.2) is 0 Å². The van der Waals surface area contributed by atoms with Gasteiger partial charge in [-0.1, -0.05) is 36.1 Å². The molecule has 0 aliphatic carbocycles. The first-order chi connectivity index (χ1) is 12.1. The Morgan fingerprint density at radius 3 is 2.46 bits per heavy atom. The van der Waals surface area contributed by atoms with Crippen molar-refractivity contribution in [3.63, 3.8) is 0 Å². The summed E-state index contributed by atoms with van der Waals surface area (Å²) in [4.78, 5) is 2.55. The molecule has 2 aromatic carbocycles. The van der Waals surface area contributed by atoms with Gasteiger partial charge in [0.1, 0.15) is 0 Å². The minimum absolute atomic E-state index is 0. The van der Waals surface area contributed by atoms with Crippen molar-refractivity contribution in [2.75, 3.05) is 19.6 Å². The number of hydrogen-bond acceptors (Lipinski definition) is 3. The second-order valence-electron chi connectivity index (χ2n) is 6.71. The van der Waals surface area contributed by atoms with Gasteiger partial charge in [-0.05, 0) is 107 Å². The van der Waals surface area contributed by atoms with Crippen molar-refractivity contribution >= 4 is 45.2 Å². The normalized spacial score (nSPS) is 15.6. The third kappa shape index (κ3) is 6.90. The Morgan fingerprint density at radius 2 is 1.77 bits per heavy atom. The van der Waals surface area contributed by atoms with Crippen LogP contribution in [0, 0.1) is 13.1 Å². The second kappa shape index (κ2) is 11.6. The van der Waals surface area contributed by atoms with Crippen LogP contribution < -0.4 is 40.0 Å². The quantitative estimate of drug-likeness (QED) is 0.407. The van der Waals surface area contributed by atoms with E-state index in [0.717, 1.165) is 38.9 Å². The van der Waals surface area contributed by atoms with Crippen LogP contribution in [0.4, 0.5) is 0 Å². The standard InChI is InChI=1S/C20H24I2N2O.Na/c21-18-10-17(20(25)19(22)11-18)13-23-12-15-6-8-24(9-7-15)14-16-4-2-1-3-5-16;/h1-5,10-11,15,23,25H,6-9,12-14H2;/q;+1/p-1. The van der Waals surface area contributed by atoms with E-state index < -0.39 is 0 Å². The molecule has 0 atom stereocenters. The van der Waals surface area contributed by atoms with E-state index in [4.69, 9.17) is 0 Å². The predicted octanol–water partition coefficient (Wildman–Crippen LogP) is 0.975. The summed E-state index contributed by atoms with van der Waals surface area (Å²) < 4.78 is 1.95. The van der Waals surface area contributed by atoms with Crippen LogP contribution >= 0.6 is 45.2 Å². The summed E-state index contributed by atoms with van der Waals surface area (Å²) in [5, 5.41) is 15.7. The summed E-state index contributed by atoms with van der Waals surface area (Å²) in [5.74, 6) is 0.884. The minimum atomic E-state index is 0. The molecule has 134 valence electrons. The third-order valence-electron chi connectivity index (χ3n) is 4.79. The Hall–Kier alpha value is 0.620. The molecule has 1 aliphatic rings. The van der Waals surface area contributed by atoms with Gasteiger partial charge in [0.2, 0.25) is 0 Å². The zero-order valence-electron chi connectivity index (χ0n) is 15.2. The topological polar surface area (TPSA) is 38.3 Å². The van der Waals surface area contributed by atoms with E-state index in [2.05, 4.69) is 85.7 Å². The van der Waals surface area contributed by atoms with Gasteiger partial charge in [-0.15, -0.1) is 0 Å². The van der Waals surface area contributed by atoms with Crippen molar-refractivity contribution in [3.8, 4) is 5.75 Å². The molecule has 0 spiro atoms. The van der Waals surface area contributed by atoms with Gasteiger partial charge in [-0.3, -0.25) is 4.90 Å². The molecule has 1 fully saturated rings. The third-order valence-corrected chi connectivity index (χ3v) is 6.21. The maximum atomic E-state index is 12.2. The summed E-state index contributed by atoms with van der Waals surface area (Å²) in [7, 11) is 0. The van der Waals surface area contributed by atoms with E-state index in [0.29, 0.717) is 12.5 Å². The van der Waals surface area contributed by atoms with Gasteiger partial charge in [0.05, 0.1) is 0 Å². The van der Waals surface area contributed by atoms with E-state index in [1.807, 2.05) is 12.1 Å². The van der Waals surface area contributed by atoms with Crippen LogP contribution in [0.5, 0.6) is 5.75 Å². The SMILES string of the molecule is [Na+].[O-]c1c(I)cc(I)cc1CNCC1CCN(Cc2ccccc2)CC1. The molecule has 1 N–H and O–H groups in total. The molecule has 1 aliphatic heterocycles. The smallest absolute Gasteiger partial charge is 0.872 e. The van der Waals surface area contributed by atoms with Crippen LogP contribution in [0.2, 0.25) is 0 Å². The zero-order chi connectivity index (χ0) is 17.6. The summed E-state index contributed by atoms with van der Waals surface area (Å²) in [6.45, 7) is 5.06. The molecular formula is C20H23I2N2NaO. The fourth-order valence-corrected chi connectivity index (χ4v) is 5.31. The first kappa shape index (κ1) is 22.9. The van der Waals surface area contributed by atoms with Crippen LogP contribution in [-0.2, 0) is 13.1 Å². The first-order valence-electron chi connectivity index (χ1n) is 8.74. The van der Waals surface area contributed by atoms with Crippen molar-refractivity contribution in [1.29, 1.82) is 0 Å². The maximum absolute atomic E-state index is 12.2. The molecule has 0 bridgehead atoms. The first-order valence-corrected chi connectivity index (χ1v) is 10.9. The largest absolute Gasteiger partial charge is 1.00 e. The second-order valence-corrected chi connectivity index (χ2v) is 9.12. The van der Waals surface area contributed by atoms with Crippen molar-refractivity contribution in [2.45, 2.75) is 25.9 Å². The van der Waals surface area contributed by atoms with Crippen molar-refractivity contribution in [2.24, 2.45) is 5.92 Å². The Kier molecular flexibility index (Phi) is 10.2. The van der Waals surface area contributed by atoms with Gasteiger partial charge in [0, 0.05) is 20.2 Å². The number of likely N-dealkylation sites (tertiary alicyclic amines) is 1. The Labute approximate surface area is 205 Å². The van der Waals surface area contributed by atoms with E-state index in [1.54, 1.807) is 0 Å². The number of benzene rings is 2. The summed E-state index contributed by atoms with van der Waals surface area (Å²) in [6, 6.07) is 14.7. The zero-order valence-corrected chi connectivity index (χ0v) is 21.5. The average molecular weight is 584 g/mol. The van der Waals surface area contributed by atoms with Crippen molar-refractivity contribution in [3.05, 3.63) is 60.7 Å². The van der Waals surface area contributed by atoms with Gasteiger partial charge >= 0.3 is 29.6 Å². The van der Waals surface area contributed by atoms with Gasteiger partial charge in [0.25, 0.3) is 0 Å². The van der Waals surface area contributed by atoms with Gasteiger partial charge in [-0.2, -0.15) is 0 Å². The molecule has 2 aromatic rings. The van der Waals surface area contributed by atoms with E-state index in [9.17, 15) is 5.11 Å². The molecule has 1 heterocycles. The van der Waals surface area contributed by atoms with Crippen LogP contribution in [0.3, 0.4) is 0 Å². The van der Waals surface area contributed by atoms with Gasteiger partial charge in [0.15, 0.2) is 0 Å². The van der Waals surface area contributed by atoms with Crippen LogP contribution in [0.15, 0.2) is 42.5 Å². The number of hydrogen-bond donors (Lipinski definition) is 1. The van der Waals surface area contributed by atoms with Crippen molar-refractivity contribution < 1.29 is 34.7 Å². The van der Waals surface area contributed by atoms with E-state index in [-0.39, 0.29) is 35.3 Å². The molecule has 3 rings (SSSR count). The molecule has 0 aromatic heterocycles. The Balaban J connectivity index is 0.00000243. The van der Waals surface area contributed by atoms with Crippen molar-refractivity contribution in [1.82, 2.24) is 10.2 Å². The van der Waals surface area contributed by atoms with Crippen LogP contribution in [-0.4, -0.2) is 24.5 Å². The minimum Gasteiger partial charge on any atom is -0.872 e. The predicted molar refractivity (Wildman–Crippen MR) is 117 cm³/mol. The average Bonchev–Trinajstić information content (AvgIpc) is 2.61. The monoisotopic (exact) mass is 584 g/mol. The van der Waals surface area contributed by atoms with Gasteiger partial charge < -0.3 is 10.4 Å². The number of nitrogens with one attached hydrogen (secondary N) is 1.